The van der Waals surface area contributed by atoms with Gasteiger partial charge >= 0.3 is 11.9 Å². The van der Waals surface area contributed by atoms with Gasteiger partial charge in [-0.25, -0.2) is 4.79 Å². The van der Waals surface area contributed by atoms with Crippen LogP contribution in [0.15, 0.2) is 12.1 Å². The second-order valence-corrected chi connectivity index (χ2v) is 14.4. The number of phenols is 3. The summed E-state index contributed by atoms with van der Waals surface area (Å²) in [5.74, 6) is -0.0587. The molecule has 0 aromatic heterocycles. The molecule has 6 N–H and O–H groups in total. The van der Waals surface area contributed by atoms with E-state index in [1.54, 1.807) is 0 Å². The summed E-state index contributed by atoms with van der Waals surface area (Å²) in [5.41, 5.74) is 0.519. The number of aliphatic hydroxyl groups is 2. The Hall–Kier alpha value is -2.52. The van der Waals surface area contributed by atoms with Gasteiger partial charge in [0.25, 0.3) is 0 Å². The molecule has 1 aromatic carbocycles. The largest absolute Gasteiger partial charge is 0.504 e. The van der Waals surface area contributed by atoms with Crippen LogP contribution in [0.5, 0.6) is 17.2 Å². The number of carboxylic acid groups (broad SMARTS) is 1. The molecule has 1 aromatic rings. The van der Waals surface area contributed by atoms with E-state index in [1.807, 2.05) is 6.92 Å². The molecule has 0 radical (unpaired) electrons. The summed E-state index contributed by atoms with van der Waals surface area (Å²) in [5, 5.41) is 57.9. The molecule has 4 aliphatic carbocycles. The maximum atomic E-state index is 11.3. The predicted molar refractivity (Wildman–Crippen MR) is 161 cm³/mol. The molecule has 9 nitrogen and oxygen atoms in total. The Bertz CT molecular complexity index is 1130. The number of carboxylic acids is 1. The monoisotopic (exact) mass is 604 g/mol. The number of carbonyl (C=O) groups excluding carboxylic acids is 1. The van der Waals surface area contributed by atoms with Gasteiger partial charge in [0, 0.05) is 6.42 Å². The van der Waals surface area contributed by atoms with Crippen LogP contribution in [0, 0.1) is 46.3 Å². The number of esters is 1. The molecule has 0 saturated heterocycles. The van der Waals surface area contributed by atoms with Gasteiger partial charge in [-0.3, -0.25) is 4.79 Å². The summed E-state index contributed by atoms with van der Waals surface area (Å²) in [6.45, 7) is 9.27. The topological polar surface area (TPSA) is 165 Å². The van der Waals surface area contributed by atoms with Crippen LogP contribution < -0.4 is 0 Å². The molecule has 43 heavy (non-hydrogen) atoms. The SMILES string of the molecule is CCCOC(=O)c1cc(O)c(O)c(O)c1.C[C@H](CCC(=O)O)[C@H]1CC[C@H]2[C@@H]3[C@H](O)C[C@@H]4C[C@H](O)CC[C@]4(C)[C@H]3CC[C@]12C. The maximum absolute atomic E-state index is 11.3. The van der Waals surface area contributed by atoms with Crippen molar-refractivity contribution in [1.82, 2.24) is 0 Å². The first-order valence-electron chi connectivity index (χ1n) is 16.2. The average molecular weight is 605 g/mol. The number of hydrogen-bond acceptors (Lipinski definition) is 8. The highest BCUT2D eigenvalue weighted by Gasteiger charge is 2.62. The molecule has 9 heteroatoms. The average Bonchev–Trinajstić information content (AvgIpc) is 3.31. The fourth-order valence-corrected chi connectivity index (χ4v) is 9.73. The molecular formula is C34H52O9. The van der Waals surface area contributed by atoms with Crippen LogP contribution in [0.3, 0.4) is 0 Å². The summed E-state index contributed by atoms with van der Waals surface area (Å²) in [6.07, 6.45) is 9.88. The number of ether oxygens (including phenoxy) is 1. The van der Waals surface area contributed by atoms with Gasteiger partial charge in [-0.2, -0.15) is 0 Å². The summed E-state index contributed by atoms with van der Waals surface area (Å²) < 4.78 is 4.78. The molecular weight excluding hydrogens is 552 g/mol. The van der Waals surface area contributed by atoms with E-state index in [-0.39, 0.29) is 41.6 Å². The molecule has 0 spiro atoms. The molecule has 4 saturated carbocycles. The molecule has 4 fully saturated rings. The zero-order chi connectivity index (χ0) is 31.7. The number of aliphatic hydroxyl groups excluding tert-OH is 2. The number of hydrogen-bond donors (Lipinski definition) is 6. The number of carbonyl (C=O) groups is 2. The van der Waals surface area contributed by atoms with E-state index in [9.17, 15) is 19.8 Å². The lowest BCUT2D eigenvalue weighted by Crippen LogP contribution is -2.58. The Morgan fingerprint density at radius 1 is 0.953 bits per heavy atom. The van der Waals surface area contributed by atoms with Crippen LogP contribution >= 0.6 is 0 Å². The zero-order valence-corrected chi connectivity index (χ0v) is 26.2. The lowest BCUT2D eigenvalue weighted by Gasteiger charge is -2.62. The number of rotatable bonds is 7. The van der Waals surface area contributed by atoms with Crippen LogP contribution in [-0.4, -0.2) is 61.4 Å². The normalized spacial score (nSPS) is 37.1. The molecule has 0 bridgehead atoms. The Morgan fingerprint density at radius 2 is 1.58 bits per heavy atom. The minimum absolute atomic E-state index is 0.00347. The predicted octanol–water partition coefficient (Wildman–Crippen LogP) is 5.85. The van der Waals surface area contributed by atoms with E-state index in [2.05, 4.69) is 20.8 Å². The molecule has 4 aliphatic rings. The van der Waals surface area contributed by atoms with Crippen molar-refractivity contribution >= 4 is 11.9 Å². The van der Waals surface area contributed by atoms with Gasteiger partial charge < -0.3 is 35.4 Å². The highest BCUT2D eigenvalue weighted by Crippen LogP contribution is 2.68. The number of benzene rings is 1. The fourth-order valence-electron chi connectivity index (χ4n) is 9.73. The van der Waals surface area contributed by atoms with Crippen molar-refractivity contribution in [3.8, 4) is 17.2 Å². The van der Waals surface area contributed by atoms with Crippen LogP contribution in [0.25, 0.3) is 0 Å². The molecule has 0 unspecified atom stereocenters. The number of phenolic OH excluding ortho intramolecular Hbond substituents is 3. The third kappa shape index (κ3) is 6.63. The van der Waals surface area contributed by atoms with Crippen molar-refractivity contribution < 1.29 is 45.0 Å². The smallest absolute Gasteiger partial charge is 0.338 e. The third-order valence-corrected chi connectivity index (χ3v) is 12.0. The van der Waals surface area contributed by atoms with E-state index >= 15 is 0 Å². The first-order valence-corrected chi connectivity index (χ1v) is 16.2. The molecule has 5 rings (SSSR count). The lowest BCUT2D eigenvalue weighted by atomic mass is 9.43. The van der Waals surface area contributed by atoms with Crippen LogP contribution in [0.4, 0.5) is 0 Å². The second kappa shape index (κ2) is 13.2. The quantitative estimate of drug-likeness (QED) is 0.165. The molecule has 10 atom stereocenters. The van der Waals surface area contributed by atoms with Crippen molar-refractivity contribution in [3.63, 3.8) is 0 Å². The lowest BCUT2D eigenvalue weighted by molar-refractivity contribution is -0.174. The Morgan fingerprint density at radius 3 is 2.21 bits per heavy atom. The summed E-state index contributed by atoms with van der Waals surface area (Å²) >= 11 is 0. The first-order chi connectivity index (χ1) is 20.2. The molecule has 0 amide bonds. The summed E-state index contributed by atoms with van der Waals surface area (Å²) in [4.78, 5) is 22.3. The van der Waals surface area contributed by atoms with Gasteiger partial charge in [-0.15, -0.1) is 0 Å². The van der Waals surface area contributed by atoms with Crippen molar-refractivity contribution in [1.29, 1.82) is 0 Å². The van der Waals surface area contributed by atoms with Gasteiger partial charge in [0.2, 0.25) is 0 Å². The van der Waals surface area contributed by atoms with E-state index in [0.717, 1.165) is 44.2 Å². The van der Waals surface area contributed by atoms with Crippen molar-refractivity contribution in [3.05, 3.63) is 17.7 Å². The molecule has 242 valence electrons. The highest BCUT2D eigenvalue weighted by atomic mass is 16.5. The zero-order valence-electron chi connectivity index (χ0n) is 26.2. The summed E-state index contributed by atoms with van der Waals surface area (Å²) in [6, 6.07) is 2.07. The Balaban J connectivity index is 0.000000239. The van der Waals surface area contributed by atoms with E-state index in [4.69, 9.17) is 25.2 Å². The van der Waals surface area contributed by atoms with E-state index < -0.39 is 29.2 Å². The van der Waals surface area contributed by atoms with Gasteiger partial charge in [0.05, 0.1) is 24.4 Å². The van der Waals surface area contributed by atoms with E-state index in [0.29, 0.717) is 41.9 Å². The Labute approximate surface area is 255 Å². The number of fused-ring (bicyclic) bond motifs is 5. The van der Waals surface area contributed by atoms with Gasteiger partial charge in [0.1, 0.15) is 0 Å². The van der Waals surface area contributed by atoms with Crippen molar-refractivity contribution in [2.75, 3.05) is 6.61 Å². The second-order valence-electron chi connectivity index (χ2n) is 14.4. The first kappa shape index (κ1) is 33.4. The van der Waals surface area contributed by atoms with Crippen LogP contribution in [0.2, 0.25) is 0 Å². The van der Waals surface area contributed by atoms with Gasteiger partial charge in [-0.05, 0) is 123 Å². The Kier molecular flexibility index (Phi) is 10.3. The fraction of sp³-hybridized carbons (Fsp3) is 0.765. The molecule has 0 aliphatic heterocycles. The van der Waals surface area contributed by atoms with Gasteiger partial charge in [0.15, 0.2) is 17.2 Å². The van der Waals surface area contributed by atoms with Crippen LogP contribution in [-0.2, 0) is 9.53 Å². The molecule has 0 heterocycles. The minimum Gasteiger partial charge on any atom is -0.504 e. The standard InChI is InChI=1S/C24H40O4.C10H12O5/c1-14(4-7-21(27)28)17-5-6-18-22-19(9-11-24(17,18)3)23(2)10-8-16(25)12-15(23)13-20(22)26;1-2-3-15-10(14)6-4-7(11)9(13)8(12)5-6/h14-20,22,25-26H,4-13H2,1-3H3,(H,27,28);4-5,11-13H,2-3H2,1H3/t14-,15+,16-,17-,18+,19+,20-,22+,23+,24-;/m1./s1. The third-order valence-electron chi connectivity index (χ3n) is 12.0. The minimum atomic E-state index is -0.684. The number of aromatic hydroxyl groups is 3. The highest BCUT2D eigenvalue weighted by molar-refractivity contribution is 5.91. The van der Waals surface area contributed by atoms with Crippen molar-refractivity contribution in [2.24, 2.45) is 46.3 Å². The van der Waals surface area contributed by atoms with Crippen LogP contribution in [0.1, 0.15) is 109 Å². The van der Waals surface area contributed by atoms with E-state index in [1.165, 1.54) is 25.7 Å². The van der Waals surface area contributed by atoms with Crippen molar-refractivity contribution in [2.45, 2.75) is 111 Å². The summed E-state index contributed by atoms with van der Waals surface area (Å²) in [7, 11) is 0. The number of aliphatic carboxylic acids is 1. The maximum Gasteiger partial charge on any atom is 0.338 e. The van der Waals surface area contributed by atoms with Gasteiger partial charge in [-0.1, -0.05) is 27.7 Å².